The smallest absolute Gasteiger partial charge is 0.276 e. The van der Waals surface area contributed by atoms with Crippen molar-refractivity contribution in [3.05, 3.63) is 84.2 Å². The van der Waals surface area contributed by atoms with Crippen LogP contribution in [0.1, 0.15) is 16.1 Å². The van der Waals surface area contributed by atoms with Crippen LogP contribution in [0.5, 0.6) is 0 Å². The van der Waals surface area contributed by atoms with Crippen LogP contribution in [0.15, 0.2) is 72.9 Å². The normalized spacial score (nSPS) is 16.1. The third-order valence-corrected chi connectivity index (χ3v) is 5.86. The molecule has 3 heterocycles. The fourth-order valence-electron chi connectivity index (χ4n) is 4.28. The monoisotopic (exact) mass is 384 g/mol. The first-order chi connectivity index (χ1) is 14.3. The molecule has 1 fully saturated rings. The number of hydrogen-bond donors (Lipinski definition) is 0. The fourth-order valence-corrected chi connectivity index (χ4v) is 4.28. The van der Waals surface area contributed by atoms with E-state index in [2.05, 4.69) is 45.1 Å². The van der Waals surface area contributed by atoms with Crippen molar-refractivity contribution in [2.75, 3.05) is 47.4 Å². The zero-order valence-corrected chi connectivity index (χ0v) is 16.4. The minimum atomic E-state index is -0.0141. The van der Waals surface area contributed by atoms with E-state index in [1.165, 1.54) is 11.3 Å². The van der Waals surface area contributed by atoms with Crippen molar-refractivity contribution in [2.24, 2.45) is 0 Å². The van der Waals surface area contributed by atoms with Crippen molar-refractivity contribution < 1.29 is 4.79 Å². The summed E-state index contributed by atoms with van der Waals surface area (Å²) in [6, 6.07) is 22.6. The van der Waals surface area contributed by atoms with Gasteiger partial charge in [0.2, 0.25) is 0 Å². The van der Waals surface area contributed by atoms with Crippen LogP contribution in [0, 0.1) is 0 Å². The van der Waals surface area contributed by atoms with Gasteiger partial charge < -0.3 is 14.7 Å². The third-order valence-electron chi connectivity index (χ3n) is 5.86. The molecular weight excluding hydrogens is 360 g/mol. The van der Waals surface area contributed by atoms with Gasteiger partial charge in [0.05, 0.1) is 0 Å². The number of fused-ring (bicyclic) bond motifs is 1. The molecule has 29 heavy (non-hydrogen) atoms. The summed E-state index contributed by atoms with van der Waals surface area (Å²) >= 11 is 0. The van der Waals surface area contributed by atoms with Gasteiger partial charge in [-0.1, -0.05) is 36.4 Å². The summed E-state index contributed by atoms with van der Waals surface area (Å²) < 4.78 is 0. The molecule has 0 bridgehead atoms. The molecule has 2 aromatic carbocycles. The largest absolute Gasteiger partial charge is 0.368 e. The Hall–Kier alpha value is -3.34. The van der Waals surface area contributed by atoms with Gasteiger partial charge in [0.1, 0.15) is 5.69 Å². The zero-order chi connectivity index (χ0) is 19.6. The van der Waals surface area contributed by atoms with Crippen molar-refractivity contribution in [2.45, 2.75) is 6.42 Å². The van der Waals surface area contributed by atoms with Crippen molar-refractivity contribution in [3.63, 3.8) is 0 Å². The molecule has 2 aliphatic heterocycles. The molecule has 0 N–H and O–H groups in total. The number of carbonyl (C=O) groups is 1. The molecule has 1 aromatic heterocycles. The predicted molar refractivity (Wildman–Crippen MR) is 117 cm³/mol. The summed E-state index contributed by atoms with van der Waals surface area (Å²) in [5.41, 5.74) is 5.11. The summed E-state index contributed by atoms with van der Waals surface area (Å²) in [6.07, 6.45) is 2.66. The van der Waals surface area contributed by atoms with Crippen LogP contribution < -0.4 is 14.7 Å². The van der Waals surface area contributed by atoms with Crippen LogP contribution in [0.4, 0.5) is 17.1 Å². The Labute approximate surface area is 171 Å². The second-order valence-electron chi connectivity index (χ2n) is 7.54. The Morgan fingerprint density at radius 1 is 0.759 bits per heavy atom. The number of aromatic nitrogens is 1. The van der Waals surface area contributed by atoms with Gasteiger partial charge in [-0.2, -0.15) is 0 Å². The van der Waals surface area contributed by atoms with Gasteiger partial charge in [0.25, 0.3) is 5.91 Å². The van der Waals surface area contributed by atoms with Crippen LogP contribution in [0.3, 0.4) is 0 Å². The second-order valence-corrected chi connectivity index (χ2v) is 7.54. The van der Waals surface area contributed by atoms with E-state index in [1.807, 2.05) is 41.3 Å². The molecule has 3 aromatic rings. The second kappa shape index (κ2) is 7.59. The van der Waals surface area contributed by atoms with Crippen LogP contribution in [-0.4, -0.2) is 43.6 Å². The molecule has 5 nitrogen and oxygen atoms in total. The molecule has 0 atom stereocenters. The molecule has 0 aliphatic carbocycles. The highest BCUT2D eigenvalue weighted by molar-refractivity contribution is 6.06. The molecule has 5 heteroatoms. The number of para-hydroxylation sites is 2. The summed E-state index contributed by atoms with van der Waals surface area (Å²) in [6.45, 7) is 4.52. The highest BCUT2D eigenvalue weighted by Crippen LogP contribution is 2.29. The van der Waals surface area contributed by atoms with E-state index >= 15 is 0 Å². The van der Waals surface area contributed by atoms with Gasteiger partial charge in [-0.25, -0.2) is 0 Å². The lowest BCUT2D eigenvalue weighted by Crippen LogP contribution is -2.46. The summed E-state index contributed by atoms with van der Waals surface area (Å²) in [5.74, 6) is -0.0141. The van der Waals surface area contributed by atoms with Crippen LogP contribution in [-0.2, 0) is 6.42 Å². The summed E-state index contributed by atoms with van der Waals surface area (Å²) in [4.78, 5) is 24.1. The highest BCUT2D eigenvalue weighted by Gasteiger charge is 2.26. The number of carbonyl (C=O) groups excluding carboxylic acids is 1. The quantitative estimate of drug-likeness (QED) is 0.692. The number of amides is 1. The number of nitrogens with zero attached hydrogens (tertiary/aromatic N) is 4. The first kappa shape index (κ1) is 17.7. The molecule has 0 spiro atoms. The van der Waals surface area contributed by atoms with E-state index in [0.717, 1.165) is 50.5 Å². The number of hydrogen-bond acceptors (Lipinski definition) is 4. The number of pyridine rings is 1. The number of piperazine rings is 1. The lowest BCUT2D eigenvalue weighted by molar-refractivity contribution is 0.0984. The predicted octanol–water partition coefficient (Wildman–Crippen LogP) is 3.61. The molecule has 2 aliphatic rings. The Kier molecular flexibility index (Phi) is 4.64. The standard InChI is InChI=1S/C24H24N4O/c29-24(28-13-11-19-6-4-5-9-23(19)28)22-18-21(10-12-25-22)27-16-14-26(15-17-27)20-7-2-1-3-8-20/h1-10,12,18H,11,13-17H2. The van der Waals surface area contributed by atoms with Gasteiger partial charge in [-0.3, -0.25) is 9.78 Å². The fraction of sp³-hybridized carbons (Fsp3) is 0.250. The number of benzene rings is 2. The van der Waals surface area contributed by atoms with E-state index in [1.54, 1.807) is 6.20 Å². The Morgan fingerprint density at radius 3 is 2.24 bits per heavy atom. The molecule has 5 rings (SSSR count). The molecule has 0 unspecified atom stereocenters. The van der Waals surface area contributed by atoms with Gasteiger partial charge >= 0.3 is 0 Å². The van der Waals surface area contributed by atoms with E-state index in [9.17, 15) is 4.79 Å². The maximum absolute atomic E-state index is 13.1. The van der Waals surface area contributed by atoms with Crippen molar-refractivity contribution in [1.29, 1.82) is 0 Å². The number of rotatable bonds is 3. The van der Waals surface area contributed by atoms with Crippen LogP contribution in [0.2, 0.25) is 0 Å². The van der Waals surface area contributed by atoms with Crippen molar-refractivity contribution in [1.82, 2.24) is 4.98 Å². The first-order valence-corrected chi connectivity index (χ1v) is 10.2. The Balaban J connectivity index is 1.30. The summed E-state index contributed by atoms with van der Waals surface area (Å²) in [5, 5.41) is 0. The van der Waals surface area contributed by atoms with Gasteiger partial charge in [-0.15, -0.1) is 0 Å². The van der Waals surface area contributed by atoms with Crippen molar-refractivity contribution >= 4 is 23.0 Å². The Morgan fingerprint density at radius 2 is 1.45 bits per heavy atom. The number of anilines is 3. The minimum absolute atomic E-state index is 0.0141. The molecule has 1 saturated heterocycles. The van der Waals surface area contributed by atoms with Crippen LogP contribution in [0.25, 0.3) is 0 Å². The molecule has 146 valence electrons. The van der Waals surface area contributed by atoms with Gasteiger partial charge in [0.15, 0.2) is 0 Å². The van der Waals surface area contributed by atoms with Crippen LogP contribution >= 0.6 is 0 Å². The SMILES string of the molecule is O=C(c1cc(N2CCN(c3ccccc3)CC2)ccn1)N1CCc2ccccc21. The van der Waals surface area contributed by atoms with Gasteiger partial charge in [0, 0.05) is 56.0 Å². The van der Waals surface area contributed by atoms with Gasteiger partial charge in [-0.05, 0) is 42.3 Å². The zero-order valence-electron chi connectivity index (χ0n) is 16.4. The lowest BCUT2D eigenvalue weighted by Gasteiger charge is -2.37. The van der Waals surface area contributed by atoms with E-state index in [0.29, 0.717) is 5.69 Å². The van der Waals surface area contributed by atoms with E-state index in [-0.39, 0.29) is 5.91 Å². The highest BCUT2D eigenvalue weighted by atomic mass is 16.2. The first-order valence-electron chi connectivity index (χ1n) is 10.2. The summed E-state index contributed by atoms with van der Waals surface area (Å²) in [7, 11) is 0. The molecule has 1 amide bonds. The third kappa shape index (κ3) is 3.44. The lowest BCUT2D eigenvalue weighted by atomic mass is 10.2. The topological polar surface area (TPSA) is 39.7 Å². The van der Waals surface area contributed by atoms with Crippen molar-refractivity contribution in [3.8, 4) is 0 Å². The average Bonchev–Trinajstić information content (AvgIpc) is 3.24. The molecule has 0 radical (unpaired) electrons. The van der Waals surface area contributed by atoms with E-state index in [4.69, 9.17) is 0 Å². The minimum Gasteiger partial charge on any atom is -0.368 e. The maximum atomic E-state index is 13.1. The Bertz CT molecular complexity index is 1010. The average molecular weight is 384 g/mol. The molecular formula is C24H24N4O. The van der Waals surface area contributed by atoms with E-state index < -0.39 is 0 Å². The maximum Gasteiger partial charge on any atom is 0.276 e. The molecule has 0 saturated carbocycles.